The number of halogens is 3. The van der Waals surface area contributed by atoms with Crippen molar-refractivity contribution < 1.29 is 23.1 Å². The molecule has 9 heteroatoms. The molecule has 0 spiro atoms. The van der Waals surface area contributed by atoms with Crippen molar-refractivity contribution in [3.63, 3.8) is 0 Å². The van der Waals surface area contributed by atoms with Crippen molar-refractivity contribution in [2.75, 3.05) is 33.4 Å². The first-order valence-corrected chi connectivity index (χ1v) is 8.10. The molecule has 148 valence electrons. The summed E-state index contributed by atoms with van der Waals surface area (Å²) in [5.74, 6) is -3.55. The van der Waals surface area contributed by atoms with E-state index in [1.165, 1.54) is 6.07 Å². The van der Waals surface area contributed by atoms with Gasteiger partial charge in [-0.3, -0.25) is 9.59 Å². The summed E-state index contributed by atoms with van der Waals surface area (Å²) in [6.45, 7) is 5.58. The Balaban J connectivity index is 0.00000625. The number of hydrogen-bond acceptors (Lipinski definition) is 4. The van der Waals surface area contributed by atoms with Gasteiger partial charge in [0.15, 0.2) is 0 Å². The lowest BCUT2D eigenvalue weighted by Crippen LogP contribution is -2.51. The van der Waals surface area contributed by atoms with E-state index >= 15 is 0 Å². The summed E-state index contributed by atoms with van der Waals surface area (Å²) in [5.41, 5.74) is -0.692. The van der Waals surface area contributed by atoms with Crippen molar-refractivity contribution in [1.29, 1.82) is 0 Å². The first-order chi connectivity index (χ1) is 11.9. The fraction of sp³-hybridized carbons (Fsp3) is 0.529. The van der Waals surface area contributed by atoms with Gasteiger partial charge in [0.2, 0.25) is 5.91 Å². The smallest absolute Gasteiger partial charge is 0.257 e. The van der Waals surface area contributed by atoms with Crippen LogP contribution in [0.5, 0.6) is 0 Å². The molecule has 0 aliphatic heterocycles. The molecule has 0 fully saturated rings. The Morgan fingerprint density at radius 3 is 2.27 bits per heavy atom. The van der Waals surface area contributed by atoms with Gasteiger partial charge in [0.25, 0.3) is 5.91 Å². The largest absolute Gasteiger partial charge is 0.383 e. The highest BCUT2D eigenvalue weighted by Gasteiger charge is 2.26. The van der Waals surface area contributed by atoms with Crippen molar-refractivity contribution in [1.82, 2.24) is 16.0 Å². The van der Waals surface area contributed by atoms with Crippen LogP contribution >= 0.6 is 12.4 Å². The number of carbonyl (C=O) groups excluding carboxylic acids is 2. The van der Waals surface area contributed by atoms with E-state index in [0.29, 0.717) is 26.2 Å². The van der Waals surface area contributed by atoms with Gasteiger partial charge in [-0.2, -0.15) is 0 Å². The molecule has 0 saturated carbocycles. The first-order valence-electron chi connectivity index (χ1n) is 8.10. The first kappa shape index (κ1) is 24.2. The topological polar surface area (TPSA) is 79.5 Å². The van der Waals surface area contributed by atoms with Crippen LogP contribution in [-0.2, 0) is 9.53 Å². The minimum absolute atomic E-state index is 0. The zero-order valence-corrected chi connectivity index (χ0v) is 15.9. The molecule has 2 amide bonds. The lowest BCUT2D eigenvalue weighted by molar-refractivity contribution is -0.123. The molecule has 1 rings (SSSR count). The van der Waals surface area contributed by atoms with Crippen molar-refractivity contribution in [2.24, 2.45) is 5.92 Å². The average molecular weight is 394 g/mol. The Kier molecular flexibility index (Phi) is 11.7. The maximum Gasteiger partial charge on any atom is 0.257 e. The van der Waals surface area contributed by atoms with Crippen LogP contribution < -0.4 is 16.0 Å². The van der Waals surface area contributed by atoms with Gasteiger partial charge in [0, 0.05) is 26.7 Å². The molecule has 0 heterocycles. The molecule has 6 nitrogen and oxygen atoms in total. The Bertz CT molecular complexity index is 568. The molecule has 0 aliphatic carbocycles. The molecule has 1 atom stereocenters. The highest BCUT2D eigenvalue weighted by atomic mass is 35.5. The molecular weight excluding hydrogens is 368 g/mol. The van der Waals surface area contributed by atoms with Gasteiger partial charge in [-0.25, -0.2) is 8.78 Å². The summed E-state index contributed by atoms with van der Waals surface area (Å²) in [5, 5.41) is 8.15. The minimum Gasteiger partial charge on any atom is -0.383 e. The van der Waals surface area contributed by atoms with Gasteiger partial charge < -0.3 is 20.7 Å². The Labute approximate surface area is 158 Å². The van der Waals surface area contributed by atoms with Crippen LogP contribution in [0.1, 0.15) is 24.2 Å². The van der Waals surface area contributed by atoms with E-state index in [-0.39, 0.29) is 18.3 Å². The summed E-state index contributed by atoms with van der Waals surface area (Å²) < 4.78 is 32.3. The van der Waals surface area contributed by atoms with Crippen LogP contribution in [0, 0.1) is 17.6 Å². The normalized spacial score (nSPS) is 11.6. The molecular formula is C17H26ClF2N3O3. The maximum absolute atomic E-state index is 13.7. The van der Waals surface area contributed by atoms with Gasteiger partial charge in [0.1, 0.15) is 23.2 Å². The van der Waals surface area contributed by atoms with Crippen LogP contribution in [0.2, 0.25) is 0 Å². The van der Waals surface area contributed by atoms with Crippen molar-refractivity contribution in [2.45, 2.75) is 19.9 Å². The summed E-state index contributed by atoms with van der Waals surface area (Å²) in [4.78, 5) is 24.4. The predicted molar refractivity (Wildman–Crippen MR) is 97.5 cm³/mol. The summed E-state index contributed by atoms with van der Waals surface area (Å²) in [6, 6.07) is 2.26. The van der Waals surface area contributed by atoms with E-state index in [1.807, 2.05) is 0 Å². The monoisotopic (exact) mass is 393 g/mol. The van der Waals surface area contributed by atoms with E-state index in [0.717, 1.165) is 12.1 Å². The third kappa shape index (κ3) is 7.63. The second-order valence-corrected chi connectivity index (χ2v) is 5.83. The Morgan fingerprint density at radius 1 is 1.12 bits per heavy atom. The van der Waals surface area contributed by atoms with E-state index < -0.39 is 35.1 Å². The number of carbonyl (C=O) groups is 2. The standard InChI is InChI=1S/C17H25F2N3O3.ClH/c1-11(2)15(17(24)21-8-7-20-9-10-25-3)22-16(23)14-12(18)5-4-6-13(14)19;/h4-6,11,15,20H,7-10H2,1-3H3,(H,21,24)(H,22,23);1H/t15-;/m0./s1. The summed E-state index contributed by atoms with van der Waals surface area (Å²) in [7, 11) is 1.60. The molecule has 1 aromatic carbocycles. The zero-order chi connectivity index (χ0) is 18.8. The average Bonchev–Trinajstić information content (AvgIpc) is 2.55. The maximum atomic E-state index is 13.7. The van der Waals surface area contributed by atoms with E-state index in [1.54, 1.807) is 21.0 Å². The fourth-order valence-corrected chi connectivity index (χ4v) is 2.15. The number of ether oxygens (including phenoxy) is 1. The van der Waals surface area contributed by atoms with Crippen LogP contribution in [0.3, 0.4) is 0 Å². The third-order valence-corrected chi connectivity index (χ3v) is 3.51. The number of benzene rings is 1. The number of methoxy groups -OCH3 is 1. The molecule has 0 unspecified atom stereocenters. The minimum atomic E-state index is -0.970. The number of nitrogens with one attached hydrogen (secondary N) is 3. The van der Waals surface area contributed by atoms with Gasteiger partial charge in [-0.15, -0.1) is 12.4 Å². The summed E-state index contributed by atoms with van der Waals surface area (Å²) >= 11 is 0. The SMILES string of the molecule is COCCNCCNC(=O)[C@@H](NC(=O)c1c(F)cccc1F)C(C)C.Cl. The molecule has 1 aromatic rings. The molecule has 0 aromatic heterocycles. The number of amides is 2. The highest BCUT2D eigenvalue weighted by Crippen LogP contribution is 2.13. The van der Waals surface area contributed by atoms with Gasteiger partial charge in [-0.05, 0) is 18.1 Å². The van der Waals surface area contributed by atoms with Gasteiger partial charge in [0.05, 0.1) is 6.61 Å². The second kappa shape index (κ2) is 12.6. The lowest BCUT2D eigenvalue weighted by Gasteiger charge is -2.22. The quantitative estimate of drug-likeness (QED) is 0.526. The molecule has 0 radical (unpaired) electrons. The fourth-order valence-electron chi connectivity index (χ4n) is 2.15. The Hall–Kier alpha value is -1.77. The lowest BCUT2D eigenvalue weighted by atomic mass is 10.0. The zero-order valence-electron chi connectivity index (χ0n) is 15.1. The van der Waals surface area contributed by atoms with Gasteiger partial charge >= 0.3 is 0 Å². The molecule has 26 heavy (non-hydrogen) atoms. The van der Waals surface area contributed by atoms with E-state index in [9.17, 15) is 18.4 Å². The predicted octanol–water partition coefficient (Wildman–Crippen LogP) is 1.49. The van der Waals surface area contributed by atoms with Crippen LogP contribution in [0.15, 0.2) is 18.2 Å². The third-order valence-electron chi connectivity index (χ3n) is 3.51. The van der Waals surface area contributed by atoms with E-state index in [4.69, 9.17) is 4.74 Å². The van der Waals surface area contributed by atoms with Crippen molar-refractivity contribution >= 4 is 24.2 Å². The van der Waals surface area contributed by atoms with Crippen LogP contribution in [-0.4, -0.2) is 51.2 Å². The highest BCUT2D eigenvalue weighted by molar-refractivity contribution is 5.98. The van der Waals surface area contributed by atoms with Crippen molar-refractivity contribution in [3.8, 4) is 0 Å². The second-order valence-electron chi connectivity index (χ2n) is 5.83. The number of rotatable bonds is 10. The van der Waals surface area contributed by atoms with Gasteiger partial charge in [-0.1, -0.05) is 19.9 Å². The summed E-state index contributed by atoms with van der Waals surface area (Å²) in [6.07, 6.45) is 0. The number of hydrogen-bond donors (Lipinski definition) is 3. The van der Waals surface area contributed by atoms with Crippen LogP contribution in [0.4, 0.5) is 8.78 Å². The molecule has 0 saturated heterocycles. The molecule has 0 bridgehead atoms. The van der Waals surface area contributed by atoms with Crippen LogP contribution in [0.25, 0.3) is 0 Å². The van der Waals surface area contributed by atoms with E-state index in [2.05, 4.69) is 16.0 Å². The molecule has 0 aliphatic rings. The molecule has 3 N–H and O–H groups in total. The Morgan fingerprint density at radius 2 is 1.73 bits per heavy atom. The van der Waals surface area contributed by atoms with Crippen molar-refractivity contribution in [3.05, 3.63) is 35.4 Å².